The minimum atomic E-state index is -3.70. The van der Waals surface area contributed by atoms with E-state index >= 15 is 0 Å². The molecule has 162 valence electrons. The van der Waals surface area contributed by atoms with Gasteiger partial charge in [-0.1, -0.05) is 43.6 Å². The van der Waals surface area contributed by atoms with Crippen molar-refractivity contribution in [1.29, 1.82) is 0 Å². The number of nitrogens with zero attached hydrogens (tertiary/aromatic N) is 1. The third-order valence-electron chi connectivity index (χ3n) is 4.62. The van der Waals surface area contributed by atoms with Crippen molar-refractivity contribution in [3.8, 4) is 0 Å². The van der Waals surface area contributed by atoms with Gasteiger partial charge in [0.1, 0.15) is 0 Å². The second kappa shape index (κ2) is 10.6. The molecule has 0 spiro atoms. The zero-order valence-electron chi connectivity index (χ0n) is 17.1. The second-order valence-electron chi connectivity index (χ2n) is 6.48. The van der Waals surface area contributed by atoms with Crippen LogP contribution >= 0.6 is 11.6 Å². The quantitative estimate of drug-likeness (QED) is 0.588. The van der Waals surface area contributed by atoms with Gasteiger partial charge in [-0.2, -0.15) is 4.31 Å². The van der Waals surface area contributed by atoms with E-state index in [4.69, 9.17) is 16.3 Å². The maximum Gasteiger partial charge on any atom is 0.307 e. The van der Waals surface area contributed by atoms with Crippen LogP contribution in [0.1, 0.15) is 42.2 Å². The van der Waals surface area contributed by atoms with Gasteiger partial charge in [0.2, 0.25) is 10.0 Å². The summed E-state index contributed by atoms with van der Waals surface area (Å²) in [5.74, 6) is -0.997. The van der Waals surface area contributed by atoms with Crippen molar-refractivity contribution < 1.29 is 22.7 Å². The molecular weight excluding hydrogens is 428 g/mol. The van der Waals surface area contributed by atoms with Crippen LogP contribution < -0.4 is 5.32 Å². The fraction of sp³-hybridized carbons (Fsp3) is 0.333. The Kier molecular flexibility index (Phi) is 8.40. The van der Waals surface area contributed by atoms with E-state index in [1.54, 1.807) is 38.1 Å². The van der Waals surface area contributed by atoms with Crippen molar-refractivity contribution in [2.45, 2.75) is 31.2 Å². The van der Waals surface area contributed by atoms with Crippen molar-refractivity contribution in [3.63, 3.8) is 0 Å². The average molecular weight is 453 g/mol. The van der Waals surface area contributed by atoms with Crippen LogP contribution in [0.3, 0.4) is 0 Å². The number of hydrogen-bond acceptors (Lipinski definition) is 5. The Morgan fingerprint density at radius 3 is 2.30 bits per heavy atom. The normalized spacial score (nSPS) is 12.4. The van der Waals surface area contributed by atoms with E-state index in [0.29, 0.717) is 23.7 Å². The van der Waals surface area contributed by atoms with Crippen LogP contribution in [0.25, 0.3) is 0 Å². The van der Waals surface area contributed by atoms with Gasteiger partial charge >= 0.3 is 5.97 Å². The van der Waals surface area contributed by atoms with Crippen LogP contribution in [-0.4, -0.2) is 44.8 Å². The largest absolute Gasteiger partial charge is 0.469 e. The number of amides is 1. The Morgan fingerprint density at radius 2 is 1.73 bits per heavy atom. The van der Waals surface area contributed by atoms with E-state index < -0.39 is 27.9 Å². The van der Waals surface area contributed by atoms with Gasteiger partial charge in [0.05, 0.1) is 24.5 Å². The summed E-state index contributed by atoms with van der Waals surface area (Å²) in [6, 6.07) is 11.9. The molecule has 9 heteroatoms. The van der Waals surface area contributed by atoms with Crippen LogP contribution in [0.15, 0.2) is 53.4 Å². The molecule has 2 aromatic rings. The predicted molar refractivity (Wildman–Crippen MR) is 115 cm³/mol. The molecule has 2 rings (SSSR count). The first-order chi connectivity index (χ1) is 14.2. The van der Waals surface area contributed by atoms with Crippen molar-refractivity contribution in [2.24, 2.45) is 0 Å². The zero-order valence-corrected chi connectivity index (χ0v) is 18.7. The van der Waals surface area contributed by atoms with Crippen LogP contribution in [0, 0.1) is 0 Å². The first kappa shape index (κ1) is 23.9. The maximum atomic E-state index is 12.9. The van der Waals surface area contributed by atoms with Gasteiger partial charge in [0.25, 0.3) is 5.91 Å². The summed E-state index contributed by atoms with van der Waals surface area (Å²) in [5.41, 5.74) is 0.845. The van der Waals surface area contributed by atoms with Gasteiger partial charge in [-0.15, -0.1) is 0 Å². The molecule has 0 aliphatic heterocycles. The Hall–Kier alpha value is -2.42. The average Bonchev–Trinajstić information content (AvgIpc) is 2.74. The minimum Gasteiger partial charge on any atom is -0.469 e. The number of ether oxygens (including phenoxy) is 1. The van der Waals surface area contributed by atoms with E-state index in [2.05, 4.69) is 5.32 Å². The molecule has 0 bridgehead atoms. The molecule has 0 aliphatic carbocycles. The van der Waals surface area contributed by atoms with Gasteiger partial charge < -0.3 is 10.1 Å². The third kappa shape index (κ3) is 5.81. The number of carbonyl (C=O) groups excluding carboxylic acids is 2. The summed E-state index contributed by atoms with van der Waals surface area (Å²) in [6.07, 6.45) is -0.0820. The molecule has 0 aromatic heterocycles. The number of methoxy groups -OCH3 is 1. The van der Waals surface area contributed by atoms with E-state index in [9.17, 15) is 18.0 Å². The molecule has 1 amide bonds. The Morgan fingerprint density at radius 1 is 1.10 bits per heavy atom. The predicted octanol–water partition coefficient (Wildman–Crippen LogP) is 3.40. The highest BCUT2D eigenvalue weighted by Gasteiger charge is 2.24. The van der Waals surface area contributed by atoms with Gasteiger partial charge in [-0.05, 0) is 35.9 Å². The fourth-order valence-electron chi connectivity index (χ4n) is 2.95. The first-order valence-electron chi connectivity index (χ1n) is 9.46. The van der Waals surface area contributed by atoms with Gasteiger partial charge in [0.15, 0.2) is 0 Å². The number of esters is 1. The number of carbonyl (C=O) groups is 2. The van der Waals surface area contributed by atoms with Crippen molar-refractivity contribution in [1.82, 2.24) is 9.62 Å². The summed E-state index contributed by atoms with van der Waals surface area (Å²) in [5, 5.41) is 3.30. The van der Waals surface area contributed by atoms with Crippen LogP contribution in [0.2, 0.25) is 5.02 Å². The van der Waals surface area contributed by atoms with Crippen LogP contribution in [0.4, 0.5) is 0 Å². The number of nitrogens with one attached hydrogen (secondary N) is 1. The van der Waals surface area contributed by atoms with E-state index in [1.165, 1.54) is 35.7 Å². The van der Waals surface area contributed by atoms with Crippen LogP contribution in [0.5, 0.6) is 0 Å². The zero-order chi connectivity index (χ0) is 22.3. The number of halogens is 1. The van der Waals surface area contributed by atoms with E-state index in [0.717, 1.165) is 0 Å². The van der Waals surface area contributed by atoms with E-state index in [1.807, 2.05) is 0 Å². The molecule has 0 aliphatic rings. The van der Waals surface area contributed by atoms with Gasteiger partial charge in [-0.25, -0.2) is 8.42 Å². The highest BCUT2D eigenvalue weighted by Crippen LogP contribution is 2.22. The third-order valence-corrected chi connectivity index (χ3v) is 6.91. The van der Waals surface area contributed by atoms with Gasteiger partial charge in [-0.3, -0.25) is 9.59 Å². The van der Waals surface area contributed by atoms with Crippen molar-refractivity contribution in [3.05, 3.63) is 64.7 Å². The monoisotopic (exact) mass is 452 g/mol. The molecule has 1 atom stereocenters. The van der Waals surface area contributed by atoms with Gasteiger partial charge in [0, 0.05) is 23.7 Å². The number of sulfonamides is 1. The summed E-state index contributed by atoms with van der Waals surface area (Å²) >= 11 is 5.92. The minimum absolute atomic E-state index is 0.0369. The lowest BCUT2D eigenvalue weighted by molar-refractivity contribution is -0.141. The lowest BCUT2D eigenvalue weighted by Gasteiger charge is -2.20. The summed E-state index contributed by atoms with van der Waals surface area (Å²) in [7, 11) is -2.43. The maximum absolute atomic E-state index is 12.9. The molecule has 7 nitrogen and oxygen atoms in total. The molecule has 0 fully saturated rings. The number of benzene rings is 2. The lowest BCUT2D eigenvalue weighted by Crippen LogP contribution is -2.32. The molecular formula is C21H25ClN2O5S. The second-order valence-corrected chi connectivity index (χ2v) is 8.85. The molecule has 30 heavy (non-hydrogen) atoms. The first-order valence-corrected chi connectivity index (χ1v) is 11.3. The number of hydrogen-bond donors (Lipinski definition) is 1. The molecule has 2 aromatic carbocycles. The topological polar surface area (TPSA) is 92.8 Å². The SMILES string of the molecule is CCN(CC)S(=O)(=O)c1cccc(C(=O)NC(CC(=O)OC)c2ccc(Cl)cc2)c1. The molecule has 0 radical (unpaired) electrons. The fourth-order valence-corrected chi connectivity index (χ4v) is 4.58. The summed E-state index contributed by atoms with van der Waals surface area (Å²) in [4.78, 5) is 24.7. The standard InChI is InChI=1S/C21H25ClN2O5S/c1-4-24(5-2)30(27,28)18-8-6-7-16(13-18)21(26)23-19(14-20(25)29-3)15-9-11-17(22)12-10-15/h6-13,19H,4-5,14H2,1-3H3,(H,23,26). The Bertz CT molecular complexity index is 989. The van der Waals surface area contributed by atoms with Crippen molar-refractivity contribution in [2.75, 3.05) is 20.2 Å². The molecule has 0 saturated carbocycles. The van der Waals surface area contributed by atoms with Crippen molar-refractivity contribution >= 4 is 33.5 Å². The highest BCUT2D eigenvalue weighted by atomic mass is 35.5. The molecule has 0 saturated heterocycles. The van der Waals surface area contributed by atoms with Crippen LogP contribution in [-0.2, 0) is 19.6 Å². The Labute approximate surface area is 182 Å². The molecule has 1 N–H and O–H groups in total. The Balaban J connectivity index is 2.31. The summed E-state index contributed by atoms with van der Waals surface area (Å²) in [6.45, 7) is 4.16. The smallest absolute Gasteiger partial charge is 0.307 e. The lowest BCUT2D eigenvalue weighted by atomic mass is 10.0. The number of rotatable bonds is 9. The molecule has 0 heterocycles. The summed E-state index contributed by atoms with van der Waals surface area (Å²) < 4.78 is 31.5. The highest BCUT2D eigenvalue weighted by molar-refractivity contribution is 7.89. The molecule has 1 unspecified atom stereocenters. The van der Waals surface area contributed by atoms with E-state index in [-0.39, 0.29) is 16.9 Å².